The van der Waals surface area contributed by atoms with Gasteiger partial charge in [0.1, 0.15) is 0 Å². The predicted octanol–water partition coefficient (Wildman–Crippen LogP) is 5.43. The number of nitrogens with one attached hydrogen (secondary N) is 1. The highest BCUT2D eigenvalue weighted by Gasteiger charge is 2.16. The third-order valence-corrected chi connectivity index (χ3v) is 6.55. The molecule has 31 heavy (non-hydrogen) atoms. The minimum absolute atomic E-state index is 0.130. The van der Waals surface area contributed by atoms with Crippen LogP contribution in [0.3, 0.4) is 0 Å². The molecule has 8 heteroatoms. The summed E-state index contributed by atoms with van der Waals surface area (Å²) in [5.74, 6) is -0.341. The number of amides is 2. The number of nitrogens with zero attached hydrogens (tertiary/aromatic N) is 3. The van der Waals surface area contributed by atoms with Gasteiger partial charge in [-0.1, -0.05) is 6.07 Å². The summed E-state index contributed by atoms with van der Waals surface area (Å²) in [5.41, 5.74) is 7.73. The van der Waals surface area contributed by atoms with Crippen LogP contribution in [0.4, 0.5) is 11.4 Å². The van der Waals surface area contributed by atoms with Crippen LogP contribution >= 0.6 is 22.7 Å². The Bertz CT molecular complexity index is 1440. The lowest BCUT2D eigenvalue weighted by molar-refractivity contribution is 0.0991. The van der Waals surface area contributed by atoms with Crippen molar-refractivity contribution < 1.29 is 9.59 Å². The van der Waals surface area contributed by atoms with E-state index in [-0.39, 0.29) is 11.8 Å². The zero-order valence-corrected chi connectivity index (χ0v) is 18.0. The van der Waals surface area contributed by atoms with Gasteiger partial charge in [0.05, 0.1) is 31.5 Å². The number of thiazole rings is 2. The third kappa shape index (κ3) is 3.78. The molecule has 6 nitrogen and oxygen atoms in total. The molecule has 0 unspecified atom stereocenters. The second kappa shape index (κ2) is 7.90. The van der Waals surface area contributed by atoms with Crippen molar-refractivity contribution in [3.63, 3.8) is 0 Å². The number of carbonyl (C=O) groups is 2. The van der Waals surface area contributed by atoms with Crippen LogP contribution in [0.2, 0.25) is 0 Å². The maximum absolute atomic E-state index is 13.0. The average molecular weight is 445 g/mol. The summed E-state index contributed by atoms with van der Waals surface area (Å²) in [6.07, 6.45) is 0. The molecule has 5 rings (SSSR count). The molecular formula is C23H16N4O2S2. The molecule has 0 radical (unpaired) electrons. The van der Waals surface area contributed by atoms with Crippen molar-refractivity contribution in [2.24, 2.45) is 0 Å². The summed E-state index contributed by atoms with van der Waals surface area (Å²) < 4.78 is 1.93. The fourth-order valence-electron chi connectivity index (χ4n) is 3.29. The number of hydrogen-bond donors (Lipinski definition) is 1. The summed E-state index contributed by atoms with van der Waals surface area (Å²) in [5, 5.41) is 2.91. The van der Waals surface area contributed by atoms with Crippen molar-refractivity contribution >= 4 is 66.3 Å². The van der Waals surface area contributed by atoms with Crippen molar-refractivity contribution in [3.05, 3.63) is 82.8 Å². The van der Waals surface area contributed by atoms with E-state index in [1.54, 1.807) is 47.2 Å². The van der Waals surface area contributed by atoms with Gasteiger partial charge in [-0.15, -0.1) is 22.7 Å². The van der Waals surface area contributed by atoms with Crippen LogP contribution in [0.25, 0.3) is 20.4 Å². The Morgan fingerprint density at radius 1 is 0.839 bits per heavy atom. The van der Waals surface area contributed by atoms with Crippen LogP contribution in [0.5, 0.6) is 0 Å². The molecule has 5 aromatic rings. The maximum Gasteiger partial charge on any atom is 0.258 e. The van der Waals surface area contributed by atoms with Crippen molar-refractivity contribution in [2.45, 2.75) is 0 Å². The molecule has 0 bridgehead atoms. The molecule has 0 atom stereocenters. The van der Waals surface area contributed by atoms with Crippen LogP contribution in [0.1, 0.15) is 20.7 Å². The van der Waals surface area contributed by atoms with Crippen LogP contribution in [0, 0.1) is 0 Å². The fraction of sp³-hybridized carbons (Fsp3) is 0.0435. The zero-order chi connectivity index (χ0) is 21.4. The van der Waals surface area contributed by atoms with Crippen LogP contribution in [-0.4, -0.2) is 28.8 Å². The van der Waals surface area contributed by atoms with Gasteiger partial charge >= 0.3 is 0 Å². The number of aromatic nitrogens is 2. The Hall–Kier alpha value is -3.62. The first kappa shape index (κ1) is 19.3. The van der Waals surface area contributed by atoms with E-state index in [0.29, 0.717) is 22.5 Å². The number of fused-ring (bicyclic) bond motifs is 2. The smallest absolute Gasteiger partial charge is 0.258 e. The average Bonchev–Trinajstić information content (AvgIpc) is 3.46. The van der Waals surface area contributed by atoms with E-state index in [1.165, 1.54) is 22.7 Å². The molecule has 152 valence electrons. The van der Waals surface area contributed by atoms with Crippen molar-refractivity contribution in [3.8, 4) is 0 Å². The summed E-state index contributed by atoms with van der Waals surface area (Å²) in [4.78, 5) is 35.7. The van der Waals surface area contributed by atoms with E-state index in [1.807, 2.05) is 36.4 Å². The SMILES string of the molecule is CN(C(=O)c1ccc2ncsc2c1)c1cccc(NC(=O)c2ccc3ncsc3c2)c1. The minimum atomic E-state index is -0.211. The molecule has 0 saturated heterocycles. The first-order chi connectivity index (χ1) is 15.1. The van der Waals surface area contributed by atoms with E-state index in [0.717, 1.165) is 20.4 Å². The van der Waals surface area contributed by atoms with E-state index >= 15 is 0 Å². The van der Waals surface area contributed by atoms with Gasteiger partial charge in [-0.25, -0.2) is 9.97 Å². The minimum Gasteiger partial charge on any atom is -0.322 e. The van der Waals surface area contributed by atoms with Gasteiger partial charge in [-0.05, 0) is 54.6 Å². The van der Waals surface area contributed by atoms with Gasteiger partial charge in [0.15, 0.2) is 0 Å². The molecule has 0 saturated carbocycles. The van der Waals surface area contributed by atoms with Gasteiger partial charge in [0.2, 0.25) is 0 Å². The Labute approximate surface area is 185 Å². The monoisotopic (exact) mass is 444 g/mol. The Kier molecular flexibility index (Phi) is 4.93. The molecule has 1 N–H and O–H groups in total. The maximum atomic E-state index is 13.0. The topological polar surface area (TPSA) is 75.2 Å². The van der Waals surface area contributed by atoms with Gasteiger partial charge in [0.25, 0.3) is 11.8 Å². The largest absolute Gasteiger partial charge is 0.322 e. The molecule has 0 aliphatic heterocycles. The number of hydrogen-bond acceptors (Lipinski definition) is 6. The van der Waals surface area contributed by atoms with Crippen LogP contribution in [0.15, 0.2) is 71.7 Å². The van der Waals surface area contributed by atoms with Gasteiger partial charge in [0, 0.05) is 29.5 Å². The second-order valence-corrected chi connectivity index (χ2v) is 8.71. The highest BCUT2D eigenvalue weighted by Crippen LogP contribution is 2.24. The highest BCUT2D eigenvalue weighted by molar-refractivity contribution is 7.17. The number of anilines is 2. The van der Waals surface area contributed by atoms with E-state index in [4.69, 9.17) is 0 Å². The molecule has 2 heterocycles. The Balaban J connectivity index is 1.36. The number of carbonyl (C=O) groups excluding carboxylic acids is 2. The zero-order valence-electron chi connectivity index (χ0n) is 16.4. The number of rotatable bonds is 4. The second-order valence-electron chi connectivity index (χ2n) is 6.94. The van der Waals surface area contributed by atoms with Gasteiger partial charge < -0.3 is 10.2 Å². The lowest BCUT2D eigenvalue weighted by Gasteiger charge is -2.18. The predicted molar refractivity (Wildman–Crippen MR) is 126 cm³/mol. The summed E-state index contributed by atoms with van der Waals surface area (Å²) in [7, 11) is 1.72. The first-order valence-electron chi connectivity index (χ1n) is 9.44. The lowest BCUT2D eigenvalue weighted by Crippen LogP contribution is -2.26. The Morgan fingerprint density at radius 3 is 2.19 bits per heavy atom. The molecule has 3 aromatic carbocycles. The normalized spacial score (nSPS) is 11.0. The molecule has 0 spiro atoms. The molecule has 2 amide bonds. The van der Waals surface area contributed by atoms with Crippen molar-refractivity contribution in [1.82, 2.24) is 9.97 Å². The van der Waals surface area contributed by atoms with E-state index < -0.39 is 0 Å². The van der Waals surface area contributed by atoms with E-state index in [2.05, 4.69) is 15.3 Å². The van der Waals surface area contributed by atoms with Gasteiger partial charge in [-0.3, -0.25) is 9.59 Å². The standard InChI is InChI=1S/C23H16N4O2S2/c1-27(23(29)15-6-8-19-21(10-15)31-13-25-19)17-4-2-3-16(11-17)26-22(28)14-5-7-18-20(9-14)30-12-24-18/h2-13H,1H3,(H,26,28). The number of benzene rings is 3. The summed E-state index contributed by atoms with van der Waals surface area (Å²) in [6, 6.07) is 18.1. The van der Waals surface area contributed by atoms with Crippen molar-refractivity contribution in [1.29, 1.82) is 0 Å². The van der Waals surface area contributed by atoms with E-state index in [9.17, 15) is 9.59 Å². The molecule has 2 aromatic heterocycles. The molecule has 0 aliphatic carbocycles. The quantitative estimate of drug-likeness (QED) is 0.401. The van der Waals surface area contributed by atoms with Crippen LogP contribution < -0.4 is 10.2 Å². The molecule has 0 aliphatic rings. The lowest BCUT2D eigenvalue weighted by atomic mass is 10.1. The summed E-state index contributed by atoms with van der Waals surface area (Å²) in [6.45, 7) is 0. The Morgan fingerprint density at radius 2 is 1.48 bits per heavy atom. The first-order valence-corrected chi connectivity index (χ1v) is 11.2. The van der Waals surface area contributed by atoms with Crippen LogP contribution in [-0.2, 0) is 0 Å². The molecular weight excluding hydrogens is 428 g/mol. The highest BCUT2D eigenvalue weighted by atomic mass is 32.1. The van der Waals surface area contributed by atoms with Crippen molar-refractivity contribution in [2.75, 3.05) is 17.3 Å². The summed E-state index contributed by atoms with van der Waals surface area (Å²) >= 11 is 3.00. The van der Waals surface area contributed by atoms with Gasteiger partial charge in [-0.2, -0.15) is 0 Å². The third-order valence-electron chi connectivity index (χ3n) is 4.97. The molecule has 0 fully saturated rings. The fourth-order valence-corrected chi connectivity index (χ4v) is 4.72.